The molecule has 5 heteroatoms. The van der Waals surface area contributed by atoms with E-state index in [1.807, 2.05) is 6.07 Å². The van der Waals surface area contributed by atoms with Gasteiger partial charge >= 0.3 is 12.3 Å². The van der Waals surface area contributed by atoms with Crippen molar-refractivity contribution in [1.82, 2.24) is 0 Å². The molecular formula is C14H20O5. The fourth-order valence-corrected chi connectivity index (χ4v) is 1.35. The van der Waals surface area contributed by atoms with Crippen LogP contribution >= 0.6 is 0 Å². The first-order valence-electron chi connectivity index (χ1n) is 6.35. The summed E-state index contributed by atoms with van der Waals surface area (Å²) in [5, 5.41) is 0. The van der Waals surface area contributed by atoms with Gasteiger partial charge in [0.2, 0.25) is 0 Å². The summed E-state index contributed by atoms with van der Waals surface area (Å²) in [5.74, 6) is -0.130. The normalized spacial score (nSPS) is 11.9. The van der Waals surface area contributed by atoms with Crippen LogP contribution in [0.25, 0.3) is 0 Å². The van der Waals surface area contributed by atoms with Crippen molar-refractivity contribution in [3.05, 3.63) is 30.3 Å². The maximum atomic E-state index is 11.5. The second-order valence-corrected chi connectivity index (χ2v) is 3.91. The number of ether oxygens (including phenoxy) is 2. The maximum Gasteiger partial charge on any atom is 0.378 e. The molecule has 106 valence electrons. The van der Waals surface area contributed by atoms with Crippen LogP contribution in [0, 0.1) is 0 Å². The van der Waals surface area contributed by atoms with Gasteiger partial charge in [0.1, 0.15) is 5.75 Å². The number of hydrogen-bond acceptors (Lipinski definition) is 5. The SMILES string of the molecule is CCCCCOOC(Oc1ccccc1)C(=O)OC. The molecule has 0 saturated heterocycles. The summed E-state index contributed by atoms with van der Waals surface area (Å²) in [6.07, 6.45) is 1.79. The molecule has 0 saturated carbocycles. The highest BCUT2D eigenvalue weighted by Gasteiger charge is 2.23. The molecule has 0 radical (unpaired) electrons. The van der Waals surface area contributed by atoms with Gasteiger partial charge in [-0.2, -0.15) is 4.89 Å². The van der Waals surface area contributed by atoms with Crippen LogP contribution in [0.2, 0.25) is 0 Å². The van der Waals surface area contributed by atoms with Crippen LogP contribution in [-0.2, 0) is 19.3 Å². The zero-order valence-corrected chi connectivity index (χ0v) is 11.3. The molecule has 0 aliphatic heterocycles. The number of hydrogen-bond donors (Lipinski definition) is 0. The van der Waals surface area contributed by atoms with Gasteiger partial charge in [0, 0.05) is 0 Å². The molecule has 0 spiro atoms. The van der Waals surface area contributed by atoms with Gasteiger partial charge in [0.05, 0.1) is 13.7 Å². The summed E-state index contributed by atoms with van der Waals surface area (Å²) >= 11 is 0. The number of carbonyl (C=O) groups is 1. The first-order valence-corrected chi connectivity index (χ1v) is 6.35. The number of unbranched alkanes of at least 4 members (excludes halogenated alkanes) is 2. The number of benzene rings is 1. The van der Waals surface area contributed by atoms with Gasteiger partial charge in [0.25, 0.3) is 0 Å². The molecule has 1 unspecified atom stereocenters. The van der Waals surface area contributed by atoms with Gasteiger partial charge in [-0.3, -0.25) is 0 Å². The van der Waals surface area contributed by atoms with Gasteiger partial charge < -0.3 is 9.47 Å². The van der Waals surface area contributed by atoms with E-state index in [4.69, 9.17) is 14.5 Å². The van der Waals surface area contributed by atoms with Crippen LogP contribution in [0.1, 0.15) is 26.2 Å². The third kappa shape index (κ3) is 6.22. The minimum absolute atomic E-state index is 0.416. The van der Waals surface area contributed by atoms with Crippen molar-refractivity contribution in [2.45, 2.75) is 32.5 Å². The largest absolute Gasteiger partial charge is 0.464 e. The Kier molecular flexibility index (Phi) is 7.62. The van der Waals surface area contributed by atoms with Crippen molar-refractivity contribution in [2.75, 3.05) is 13.7 Å². The molecule has 0 aliphatic carbocycles. The van der Waals surface area contributed by atoms with Crippen LogP contribution in [0.15, 0.2) is 30.3 Å². The van der Waals surface area contributed by atoms with Crippen LogP contribution in [0.5, 0.6) is 5.75 Å². The molecule has 0 amide bonds. The lowest BCUT2D eigenvalue weighted by atomic mass is 10.3. The second kappa shape index (κ2) is 9.35. The summed E-state index contributed by atoms with van der Waals surface area (Å²) in [4.78, 5) is 21.4. The zero-order valence-electron chi connectivity index (χ0n) is 11.3. The van der Waals surface area contributed by atoms with E-state index in [2.05, 4.69) is 11.7 Å². The number of carbonyl (C=O) groups excluding carboxylic acids is 1. The summed E-state index contributed by atoms with van der Waals surface area (Å²) in [6.45, 7) is 2.51. The number of rotatable bonds is 9. The summed E-state index contributed by atoms with van der Waals surface area (Å²) in [5.41, 5.74) is 0. The summed E-state index contributed by atoms with van der Waals surface area (Å²) in [6, 6.07) is 8.88. The third-order valence-corrected chi connectivity index (χ3v) is 2.37. The highest BCUT2D eigenvalue weighted by molar-refractivity contribution is 5.73. The van der Waals surface area contributed by atoms with E-state index < -0.39 is 12.3 Å². The van der Waals surface area contributed by atoms with Crippen molar-refractivity contribution < 1.29 is 24.0 Å². The Bertz CT molecular complexity index is 352. The van der Waals surface area contributed by atoms with Crippen molar-refractivity contribution in [3.8, 4) is 5.75 Å². The number of esters is 1. The highest BCUT2D eigenvalue weighted by Crippen LogP contribution is 2.12. The lowest BCUT2D eigenvalue weighted by molar-refractivity contribution is -0.355. The Balaban J connectivity index is 2.41. The van der Waals surface area contributed by atoms with E-state index >= 15 is 0 Å². The van der Waals surface area contributed by atoms with Crippen molar-refractivity contribution in [2.24, 2.45) is 0 Å². The molecule has 0 aliphatic rings. The predicted octanol–water partition coefficient (Wildman–Crippen LogP) is 2.70. The Labute approximate surface area is 113 Å². The fourth-order valence-electron chi connectivity index (χ4n) is 1.35. The molecule has 19 heavy (non-hydrogen) atoms. The summed E-state index contributed by atoms with van der Waals surface area (Å²) in [7, 11) is 1.27. The number of para-hydroxylation sites is 1. The van der Waals surface area contributed by atoms with Gasteiger partial charge in [0.15, 0.2) is 0 Å². The lowest BCUT2D eigenvalue weighted by Gasteiger charge is -2.16. The van der Waals surface area contributed by atoms with Gasteiger partial charge in [-0.05, 0) is 18.6 Å². The zero-order chi connectivity index (χ0) is 13.9. The van der Waals surface area contributed by atoms with Gasteiger partial charge in [-0.1, -0.05) is 38.0 Å². The van der Waals surface area contributed by atoms with Crippen LogP contribution in [-0.4, -0.2) is 26.0 Å². The fraction of sp³-hybridized carbons (Fsp3) is 0.500. The monoisotopic (exact) mass is 268 g/mol. The second-order valence-electron chi connectivity index (χ2n) is 3.91. The van der Waals surface area contributed by atoms with Crippen LogP contribution < -0.4 is 4.74 Å². The lowest BCUT2D eigenvalue weighted by Crippen LogP contribution is -2.31. The topological polar surface area (TPSA) is 54.0 Å². The third-order valence-electron chi connectivity index (χ3n) is 2.37. The molecule has 0 N–H and O–H groups in total. The first kappa shape index (κ1) is 15.5. The average Bonchev–Trinajstić information content (AvgIpc) is 2.46. The highest BCUT2D eigenvalue weighted by atomic mass is 17.2. The Morgan fingerprint density at radius 2 is 1.95 bits per heavy atom. The van der Waals surface area contributed by atoms with Crippen molar-refractivity contribution >= 4 is 5.97 Å². The minimum atomic E-state index is -1.21. The average molecular weight is 268 g/mol. The van der Waals surface area contributed by atoms with E-state index in [-0.39, 0.29) is 0 Å². The smallest absolute Gasteiger partial charge is 0.378 e. The molecule has 0 fully saturated rings. The molecule has 5 nitrogen and oxygen atoms in total. The minimum Gasteiger partial charge on any atom is -0.464 e. The Morgan fingerprint density at radius 1 is 1.21 bits per heavy atom. The number of methoxy groups -OCH3 is 1. The molecule has 1 aromatic carbocycles. The van der Waals surface area contributed by atoms with Gasteiger partial charge in [-0.25, -0.2) is 9.68 Å². The van der Waals surface area contributed by atoms with E-state index in [0.29, 0.717) is 12.4 Å². The standard InChI is InChI=1S/C14H20O5/c1-3-4-8-11-17-19-14(13(15)16-2)18-12-9-6-5-7-10-12/h5-7,9-10,14H,3-4,8,11H2,1-2H3. The van der Waals surface area contributed by atoms with Crippen molar-refractivity contribution in [1.29, 1.82) is 0 Å². The molecule has 0 heterocycles. The molecule has 1 aromatic rings. The molecule has 0 bridgehead atoms. The molecule has 0 aromatic heterocycles. The Morgan fingerprint density at radius 3 is 2.58 bits per heavy atom. The maximum absolute atomic E-state index is 11.5. The van der Waals surface area contributed by atoms with E-state index in [1.54, 1.807) is 24.3 Å². The van der Waals surface area contributed by atoms with E-state index in [9.17, 15) is 4.79 Å². The summed E-state index contributed by atoms with van der Waals surface area (Å²) < 4.78 is 9.95. The van der Waals surface area contributed by atoms with Crippen molar-refractivity contribution in [3.63, 3.8) is 0 Å². The molecule has 1 rings (SSSR count). The van der Waals surface area contributed by atoms with E-state index in [1.165, 1.54) is 7.11 Å². The van der Waals surface area contributed by atoms with Crippen LogP contribution in [0.3, 0.4) is 0 Å². The van der Waals surface area contributed by atoms with Crippen LogP contribution in [0.4, 0.5) is 0 Å². The Hall–Kier alpha value is -1.59. The molecular weight excluding hydrogens is 248 g/mol. The van der Waals surface area contributed by atoms with E-state index in [0.717, 1.165) is 19.3 Å². The predicted molar refractivity (Wildman–Crippen MR) is 69.4 cm³/mol. The first-order chi connectivity index (χ1) is 9.27. The van der Waals surface area contributed by atoms with Gasteiger partial charge in [-0.15, -0.1) is 0 Å². The quantitative estimate of drug-likeness (QED) is 0.226. The molecule has 1 atom stereocenters.